The van der Waals surface area contributed by atoms with E-state index in [2.05, 4.69) is 20.8 Å². The van der Waals surface area contributed by atoms with Crippen molar-refractivity contribution in [2.45, 2.75) is 78.4 Å². The van der Waals surface area contributed by atoms with E-state index >= 15 is 0 Å². The zero-order valence-corrected chi connectivity index (χ0v) is 11.1. The summed E-state index contributed by atoms with van der Waals surface area (Å²) >= 11 is 0. The van der Waals surface area contributed by atoms with Crippen LogP contribution in [0.4, 0.5) is 0 Å². The fraction of sp³-hybridized carbons (Fsp3) is 1.00. The van der Waals surface area contributed by atoms with Gasteiger partial charge >= 0.3 is 0 Å². The Hall–Kier alpha value is 0.0249. The van der Waals surface area contributed by atoms with Crippen molar-refractivity contribution in [3.05, 3.63) is 0 Å². The van der Waals surface area contributed by atoms with E-state index in [1.54, 1.807) is 0 Å². The molecule has 2 heteroatoms. The maximum atomic E-state index is 5.95. The van der Waals surface area contributed by atoms with Crippen LogP contribution in [0.15, 0.2) is 0 Å². The average Bonchev–Trinajstić information content (AvgIpc) is 2.27. The van der Waals surface area contributed by atoms with E-state index in [0.717, 1.165) is 6.61 Å². The molecular weight excluding hydrogens is 183 g/mol. The molecule has 0 heterocycles. The third-order valence-corrected chi connectivity index (χ3v) is 2.86. The van der Waals surface area contributed by atoms with E-state index in [-0.39, 0.29) is 0 Å². The zero-order chi connectivity index (χ0) is 11.4. The van der Waals surface area contributed by atoms with Gasteiger partial charge in [0.15, 0.2) is 0 Å². The summed E-state index contributed by atoms with van der Waals surface area (Å²) in [6.07, 6.45) is 11.6. The molecule has 0 aromatic rings. The van der Waals surface area contributed by atoms with Crippen LogP contribution in [0.3, 0.4) is 0 Å². The highest BCUT2D eigenvalue weighted by Gasteiger charge is 2.13. The molecule has 0 aromatic carbocycles. The van der Waals surface area contributed by atoms with Gasteiger partial charge < -0.3 is 4.65 Å². The predicted octanol–water partition coefficient (Wildman–Crippen LogP) is 4.78. The van der Waals surface area contributed by atoms with Crippen LogP contribution in [0.25, 0.3) is 0 Å². The van der Waals surface area contributed by atoms with Crippen molar-refractivity contribution in [3.8, 4) is 0 Å². The van der Waals surface area contributed by atoms with Gasteiger partial charge in [0.1, 0.15) is 0 Å². The molecule has 0 atom stereocenters. The molecule has 0 saturated carbocycles. The van der Waals surface area contributed by atoms with E-state index < -0.39 is 0 Å². The summed E-state index contributed by atoms with van der Waals surface area (Å²) in [5.74, 6) is 0. The second-order valence-electron chi connectivity index (χ2n) is 4.48. The minimum absolute atomic E-state index is 0.543. The number of rotatable bonds is 11. The Bertz CT molecular complexity index is 109. The molecule has 0 rings (SSSR count). The molecule has 0 fully saturated rings. The Balaban J connectivity index is 3.49. The lowest BCUT2D eigenvalue weighted by atomic mass is 9.59. The molecule has 0 aliphatic carbocycles. The van der Waals surface area contributed by atoms with Gasteiger partial charge in [-0.25, -0.2) is 0 Å². The van der Waals surface area contributed by atoms with E-state index in [1.165, 1.54) is 57.6 Å². The lowest BCUT2D eigenvalue weighted by Crippen LogP contribution is -2.18. The quantitative estimate of drug-likeness (QED) is 0.353. The van der Waals surface area contributed by atoms with Crippen LogP contribution in [0, 0.1) is 0 Å². The molecule has 0 radical (unpaired) electrons. The Morgan fingerprint density at radius 1 is 0.733 bits per heavy atom. The summed E-state index contributed by atoms with van der Waals surface area (Å²) in [6.45, 7) is 8.28. The van der Waals surface area contributed by atoms with E-state index in [4.69, 9.17) is 4.65 Å². The fourth-order valence-electron chi connectivity index (χ4n) is 1.78. The SMILES string of the molecule is CCCCCOB(CCCC)CCCC. The molecule has 0 unspecified atom stereocenters. The van der Waals surface area contributed by atoms with E-state index in [9.17, 15) is 0 Å². The van der Waals surface area contributed by atoms with Gasteiger partial charge in [-0.15, -0.1) is 0 Å². The summed E-state index contributed by atoms with van der Waals surface area (Å²) in [7, 11) is 0. The highest BCUT2D eigenvalue weighted by atomic mass is 16.4. The van der Waals surface area contributed by atoms with Crippen LogP contribution in [0.1, 0.15) is 65.7 Å². The van der Waals surface area contributed by atoms with Crippen LogP contribution >= 0.6 is 0 Å². The fourth-order valence-corrected chi connectivity index (χ4v) is 1.78. The minimum atomic E-state index is 0.543. The van der Waals surface area contributed by atoms with Crippen LogP contribution in [0.5, 0.6) is 0 Å². The monoisotopic (exact) mass is 212 g/mol. The second-order valence-corrected chi connectivity index (χ2v) is 4.48. The van der Waals surface area contributed by atoms with Crippen molar-refractivity contribution in [2.75, 3.05) is 6.61 Å². The Labute approximate surface area is 97.1 Å². The first-order valence-corrected chi connectivity index (χ1v) is 6.96. The molecule has 0 aromatic heterocycles. The second kappa shape index (κ2) is 12.1. The van der Waals surface area contributed by atoms with Crippen molar-refractivity contribution >= 4 is 6.92 Å². The van der Waals surface area contributed by atoms with Gasteiger partial charge in [-0.2, -0.15) is 0 Å². The largest absolute Gasteiger partial charge is 0.436 e. The normalized spacial score (nSPS) is 10.6. The molecule has 90 valence electrons. The average molecular weight is 212 g/mol. The van der Waals surface area contributed by atoms with Crippen molar-refractivity contribution in [2.24, 2.45) is 0 Å². The van der Waals surface area contributed by atoms with Gasteiger partial charge in [-0.3, -0.25) is 0 Å². The molecule has 0 aliphatic rings. The highest BCUT2D eigenvalue weighted by molar-refractivity contribution is 6.51. The van der Waals surface area contributed by atoms with Crippen LogP contribution < -0.4 is 0 Å². The first kappa shape index (κ1) is 15.0. The minimum Gasteiger partial charge on any atom is -0.436 e. The summed E-state index contributed by atoms with van der Waals surface area (Å²) in [6, 6.07) is 0. The van der Waals surface area contributed by atoms with Gasteiger partial charge in [0.2, 0.25) is 0 Å². The lowest BCUT2D eigenvalue weighted by Gasteiger charge is -2.13. The molecule has 0 spiro atoms. The third kappa shape index (κ3) is 10.3. The molecule has 0 aliphatic heterocycles. The topological polar surface area (TPSA) is 9.23 Å². The van der Waals surface area contributed by atoms with Crippen LogP contribution in [-0.4, -0.2) is 13.5 Å². The van der Waals surface area contributed by atoms with Gasteiger partial charge in [0, 0.05) is 6.61 Å². The van der Waals surface area contributed by atoms with E-state index in [0.29, 0.717) is 6.92 Å². The Morgan fingerprint density at radius 2 is 1.27 bits per heavy atom. The maximum Gasteiger partial charge on any atom is 0.293 e. The van der Waals surface area contributed by atoms with Crippen LogP contribution in [0.2, 0.25) is 12.6 Å². The molecular formula is C13H29BO. The maximum absolute atomic E-state index is 5.95. The van der Waals surface area contributed by atoms with Gasteiger partial charge in [0.25, 0.3) is 6.92 Å². The van der Waals surface area contributed by atoms with Crippen LogP contribution in [-0.2, 0) is 4.65 Å². The zero-order valence-electron chi connectivity index (χ0n) is 11.1. The predicted molar refractivity (Wildman–Crippen MR) is 70.7 cm³/mol. The van der Waals surface area contributed by atoms with Gasteiger partial charge in [-0.1, -0.05) is 59.3 Å². The molecule has 15 heavy (non-hydrogen) atoms. The standard InChI is InChI=1S/C13H29BO/c1-4-7-10-13-15-14(11-8-5-2)12-9-6-3/h4-13H2,1-3H3. The number of unbranched alkanes of at least 4 members (excludes halogenated alkanes) is 4. The van der Waals surface area contributed by atoms with Crippen molar-refractivity contribution in [1.29, 1.82) is 0 Å². The van der Waals surface area contributed by atoms with E-state index in [1.807, 2.05) is 0 Å². The summed E-state index contributed by atoms with van der Waals surface area (Å²) in [5.41, 5.74) is 0. The van der Waals surface area contributed by atoms with Gasteiger partial charge in [0.05, 0.1) is 0 Å². The van der Waals surface area contributed by atoms with Crippen molar-refractivity contribution in [1.82, 2.24) is 0 Å². The summed E-state index contributed by atoms with van der Waals surface area (Å²) < 4.78 is 5.95. The smallest absolute Gasteiger partial charge is 0.293 e. The summed E-state index contributed by atoms with van der Waals surface area (Å²) in [4.78, 5) is 0. The molecule has 1 nitrogen and oxygen atoms in total. The first-order valence-electron chi connectivity index (χ1n) is 6.96. The Morgan fingerprint density at radius 3 is 1.73 bits per heavy atom. The molecule has 0 saturated heterocycles. The lowest BCUT2D eigenvalue weighted by molar-refractivity contribution is 0.304. The Kier molecular flexibility index (Phi) is 12.1. The van der Waals surface area contributed by atoms with Gasteiger partial charge in [-0.05, 0) is 19.1 Å². The highest BCUT2D eigenvalue weighted by Crippen LogP contribution is 2.11. The summed E-state index contributed by atoms with van der Waals surface area (Å²) in [5, 5.41) is 0. The molecule has 0 bridgehead atoms. The third-order valence-electron chi connectivity index (χ3n) is 2.86. The molecule has 0 amide bonds. The first-order chi connectivity index (χ1) is 7.35. The number of hydrogen-bond donors (Lipinski definition) is 0. The molecule has 0 N–H and O–H groups in total. The van der Waals surface area contributed by atoms with Crippen molar-refractivity contribution in [3.63, 3.8) is 0 Å². The van der Waals surface area contributed by atoms with Crippen molar-refractivity contribution < 1.29 is 4.65 Å². The number of hydrogen-bond acceptors (Lipinski definition) is 1.